The molecular formula is C18H13NO. The van der Waals surface area contributed by atoms with Crippen LogP contribution in [0.4, 0.5) is 0 Å². The minimum Gasteiger partial charge on any atom is -0.508 e. The van der Waals surface area contributed by atoms with E-state index in [1.54, 1.807) is 12.1 Å². The van der Waals surface area contributed by atoms with Crippen molar-refractivity contribution in [3.05, 3.63) is 66.7 Å². The fraction of sp³-hybridized carbons (Fsp3) is 0. The van der Waals surface area contributed by atoms with Gasteiger partial charge in [-0.25, -0.2) is 0 Å². The van der Waals surface area contributed by atoms with Crippen molar-refractivity contribution in [2.75, 3.05) is 0 Å². The fourth-order valence-corrected chi connectivity index (χ4v) is 2.68. The molecule has 0 aliphatic heterocycles. The first-order valence-electron chi connectivity index (χ1n) is 6.61. The van der Waals surface area contributed by atoms with E-state index in [2.05, 4.69) is 47.4 Å². The van der Waals surface area contributed by atoms with Gasteiger partial charge in [0.25, 0.3) is 0 Å². The van der Waals surface area contributed by atoms with Gasteiger partial charge in [-0.1, -0.05) is 30.3 Å². The number of hydrogen-bond acceptors (Lipinski definition) is 1. The number of nitrogens with one attached hydrogen (secondary N) is 1. The maximum atomic E-state index is 9.37. The van der Waals surface area contributed by atoms with Crippen LogP contribution in [0.2, 0.25) is 0 Å². The number of rotatable bonds is 1. The molecule has 0 aliphatic carbocycles. The maximum Gasteiger partial charge on any atom is 0.115 e. The number of phenolic OH excluding ortho intramolecular Hbond substituents is 1. The Morgan fingerprint density at radius 2 is 1.55 bits per heavy atom. The van der Waals surface area contributed by atoms with E-state index < -0.39 is 0 Å². The first kappa shape index (κ1) is 11.1. The standard InChI is InChI=1S/C18H13NO/c20-14-8-5-13(6-9-14)18-11-16-15-4-2-1-3-12(15)7-10-17(16)19-18/h1-11,19-20H. The molecule has 96 valence electrons. The van der Waals surface area contributed by atoms with Gasteiger partial charge in [-0.05, 0) is 52.7 Å². The summed E-state index contributed by atoms with van der Waals surface area (Å²) >= 11 is 0. The number of aromatic hydroxyl groups is 1. The quantitative estimate of drug-likeness (QED) is 0.511. The van der Waals surface area contributed by atoms with Crippen molar-refractivity contribution >= 4 is 21.7 Å². The smallest absolute Gasteiger partial charge is 0.115 e. The average molecular weight is 259 g/mol. The zero-order valence-corrected chi connectivity index (χ0v) is 10.8. The number of fused-ring (bicyclic) bond motifs is 3. The topological polar surface area (TPSA) is 36.0 Å². The summed E-state index contributed by atoms with van der Waals surface area (Å²) < 4.78 is 0. The van der Waals surface area contributed by atoms with Crippen LogP contribution in [0.1, 0.15) is 0 Å². The lowest BCUT2D eigenvalue weighted by atomic mass is 10.1. The Morgan fingerprint density at radius 3 is 2.40 bits per heavy atom. The van der Waals surface area contributed by atoms with Crippen molar-refractivity contribution < 1.29 is 5.11 Å². The normalized spacial score (nSPS) is 11.2. The van der Waals surface area contributed by atoms with Crippen LogP contribution in [-0.2, 0) is 0 Å². The van der Waals surface area contributed by atoms with Gasteiger partial charge in [0.2, 0.25) is 0 Å². The summed E-state index contributed by atoms with van der Waals surface area (Å²) in [6.45, 7) is 0. The highest BCUT2D eigenvalue weighted by Gasteiger charge is 2.06. The molecule has 0 saturated carbocycles. The number of hydrogen-bond donors (Lipinski definition) is 2. The summed E-state index contributed by atoms with van der Waals surface area (Å²) in [5.41, 5.74) is 3.27. The lowest BCUT2D eigenvalue weighted by Gasteiger charge is -1.97. The molecule has 0 aliphatic rings. The Hall–Kier alpha value is -2.74. The molecule has 0 spiro atoms. The zero-order chi connectivity index (χ0) is 13.5. The fourth-order valence-electron chi connectivity index (χ4n) is 2.68. The van der Waals surface area contributed by atoms with Gasteiger partial charge in [0.1, 0.15) is 5.75 Å². The van der Waals surface area contributed by atoms with Gasteiger partial charge in [-0.2, -0.15) is 0 Å². The van der Waals surface area contributed by atoms with Crippen molar-refractivity contribution in [1.29, 1.82) is 0 Å². The number of aromatic nitrogens is 1. The largest absolute Gasteiger partial charge is 0.508 e. The van der Waals surface area contributed by atoms with Crippen LogP contribution in [0.15, 0.2) is 66.7 Å². The van der Waals surface area contributed by atoms with Gasteiger partial charge in [0, 0.05) is 16.6 Å². The van der Waals surface area contributed by atoms with Crippen LogP contribution < -0.4 is 0 Å². The third-order valence-corrected chi connectivity index (χ3v) is 3.71. The SMILES string of the molecule is Oc1ccc(-c2cc3c(ccc4ccccc43)[nH]2)cc1. The highest BCUT2D eigenvalue weighted by Crippen LogP contribution is 2.30. The van der Waals surface area contributed by atoms with Gasteiger partial charge in [0.15, 0.2) is 0 Å². The van der Waals surface area contributed by atoms with E-state index >= 15 is 0 Å². The highest BCUT2D eigenvalue weighted by atomic mass is 16.3. The summed E-state index contributed by atoms with van der Waals surface area (Å²) in [7, 11) is 0. The lowest BCUT2D eigenvalue weighted by molar-refractivity contribution is 0.475. The Morgan fingerprint density at radius 1 is 0.750 bits per heavy atom. The van der Waals surface area contributed by atoms with Crippen LogP contribution in [0.5, 0.6) is 5.75 Å². The number of aromatic amines is 1. The molecule has 0 saturated heterocycles. The van der Waals surface area contributed by atoms with Gasteiger partial charge in [0.05, 0.1) is 0 Å². The van der Waals surface area contributed by atoms with E-state index in [0.717, 1.165) is 16.8 Å². The minimum atomic E-state index is 0.287. The second-order valence-corrected chi connectivity index (χ2v) is 4.98. The monoisotopic (exact) mass is 259 g/mol. The molecule has 0 fully saturated rings. The summed E-state index contributed by atoms with van der Waals surface area (Å²) in [5, 5.41) is 13.1. The summed E-state index contributed by atoms with van der Waals surface area (Å²) in [4.78, 5) is 3.44. The maximum absolute atomic E-state index is 9.37. The molecule has 3 aromatic carbocycles. The number of benzene rings is 3. The molecule has 2 nitrogen and oxygen atoms in total. The van der Waals surface area contributed by atoms with E-state index in [1.165, 1.54) is 16.2 Å². The molecule has 0 bridgehead atoms. The lowest BCUT2D eigenvalue weighted by Crippen LogP contribution is -1.75. The Labute approximate surface area is 116 Å². The summed E-state index contributed by atoms with van der Waals surface area (Å²) in [6.07, 6.45) is 0. The van der Waals surface area contributed by atoms with Gasteiger partial charge >= 0.3 is 0 Å². The van der Waals surface area contributed by atoms with Crippen molar-refractivity contribution in [1.82, 2.24) is 4.98 Å². The molecule has 0 amide bonds. The predicted octanol–water partition coefficient (Wildman–Crippen LogP) is 4.69. The first-order valence-corrected chi connectivity index (χ1v) is 6.61. The predicted molar refractivity (Wildman–Crippen MR) is 82.9 cm³/mol. The molecule has 4 rings (SSSR count). The summed E-state index contributed by atoms with van der Waals surface area (Å²) in [6, 6.07) is 22.1. The Kier molecular flexibility index (Phi) is 2.30. The summed E-state index contributed by atoms with van der Waals surface area (Å²) in [5.74, 6) is 0.287. The third-order valence-electron chi connectivity index (χ3n) is 3.71. The van der Waals surface area contributed by atoms with Crippen LogP contribution >= 0.6 is 0 Å². The molecule has 0 unspecified atom stereocenters. The molecule has 2 heteroatoms. The average Bonchev–Trinajstić information content (AvgIpc) is 2.92. The van der Waals surface area contributed by atoms with E-state index in [4.69, 9.17) is 0 Å². The second-order valence-electron chi connectivity index (χ2n) is 4.98. The minimum absolute atomic E-state index is 0.287. The molecule has 1 aromatic heterocycles. The molecule has 4 aromatic rings. The van der Waals surface area contributed by atoms with E-state index in [0.29, 0.717) is 0 Å². The van der Waals surface area contributed by atoms with Crippen molar-refractivity contribution in [2.45, 2.75) is 0 Å². The van der Waals surface area contributed by atoms with Gasteiger partial charge in [-0.3, -0.25) is 0 Å². The number of H-pyrrole nitrogens is 1. The molecule has 20 heavy (non-hydrogen) atoms. The van der Waals surface area contributed by atoms with Crippen molar-refractivity contribution in [3.8, 4) is 17.0 Å². The van der Waals surface area contributed by atoms with Crippen molar-refractivity contribution in [2.24, 2.45) is 0 Å². The third kappa shape index (κ3) is 1.66. The Bertz CT molecular complexity index is 904. The van der Waals surface area contributed by atoms with E-state index in [1.807, 2.05) is 12.1 Å². The molecule has 0 radical (unpaired) electrons. The van der Waals surface area contributed by atoms with Gasteiger partial charge in [-0.15, -0.1) is 0 Å². The first-order chi connectivity index (χ1) is 9.81. The van der Waals surface area contributed by atoms with Crippen molar-refractivity contribution in [3.63, 3.8) is 0 Å². The molecule has 1 heterocycles. The van der Waals surface area contributed by atoms with E-state index in [-0.39, 0.29) is 5.75 Å². The molecular weight excluding hydrogens is 246 g/mol. The van der Waals surface area contributed by atoms with Crippen LogP contribution in [0.3, 0.4) is 0 Å². The molecule has 0 atom stereocenters. The zero-order valence-electron chi connectivity index (χ0n) is 10.8. The Balaban J connectivity index is 1.98. The second kappa shape index (κ2) is 4.14. The van der Waals surface area contributed by atoms with Crippen LogP contribution in [0, 0.1) is 0 Å². The van der Waals surface area contributed by atoms with Gasteiger partial charge < -0.3 is 10.1 Å². The molecule has 2 N–H and O–H groups in total. The van der Waals surface area contributed by atoms with Crippen LogP contribution in [-0.4, -0.2) is 10.1 Å². The van der Waals surface area contributed by atoms with Crippen LogP contribution in [0.25, 0.3) is 32.9 Å². The number of phenols is 1. The van der Waals surface area contributed by atoms with E-state index in [9.17, 15) is 5.11 Å². The highest BCUT2D eigenvalue weighted by molar-refractivity contribution is 6.08.